The Balaban J connectivity index is 2.20. The minimum Gasteiger partial charge on any atom is -0.385 e. The van der Waals surface area contributed by atoms with Crippen molar-refractivity contribution < 1.29 is 5.11 Å². The summed E-state index contributed by atoms with van der Waals surface area (Å²) in [5, 5.41) is 8.51. The van der Waals surface area contributed by atoms with E-state index >= 15 is 0 Å². The molecule has 0 heterocycles. The molecule has 0 saturated heterocycles. The van der Waals surface area contributed by atoms with E-state index in [1.807, 2.05) is 0 Å². The quantitative estimate of drug-likeness (QED) is 0.436. The van der Waals surface area contributed by atoms with Crippen LogP contribution in [0.15, 0.2) is 0 Å². The zero-order valence-corrected chi connectivity index (χ0v) is 3.52. The summed E-state index contributed by atoms with van der Waals surface area (Å²) in [6.45, 7) is 0. The Morgan fingerprint density at radius 3 is 2.33 bits per heavy atom. The van der Waals surface area contributed by atoms with Gasteiger partial charge in [-0.2, -0.15) is 0 Å². The van der Waals surface area contributed by atoms with Gasteiger partial charge in [0.05, 0.1) is 0 Å². The zero-order valence-electron chi connectivity index (χ0n) is 3.52. The number of hydrogen-bond donors (Lipinski definition) is 2. The Morgan fingerprint density at radius 2 is 2.33 bits per heavy atom. The van der Waals surface area contributed by atoms with E-state index in [4.69, 9.17) is 10.8 Å². The lowest BCUT2D eigenvalue weighted by atomic mass is 9.90. The maximum absolute atomic E-state index is 8.51. The molecule has 0 aromatic carbocycles. The highest BCUT2D eigenvalue weighted by Crippen LogP contribution is 2.23. The average Bonchev–Trinajstić information content (AvgIpc) is 1.61. The van der Waals surface area contributed by atoms with Gasteiger partial charge < -0.3 is 10.8 Å². The molecule has 1 atom stereocenters. The summed E-state index contributed by atoms with van der Waals surface area (Å²) in [6, 6.07) is 0.00463. The molecular formula is C4H8NO. The van der Waals surface area contributed by atoms with Crippen LogP contribution in [-0.4, -0.2) is 11.1 Å². The standard InChI is InChI=1S/C4H8NO/c5-3-1-2-4(3)6/h3,6H,1-2,5H2. The molecule has 0 aromatic heterocycles. The topological polar surface area (TPSA) is 46.2 Å². The van der Waals surface area contributed by atoms with Crippen LogP contribution in [-0.2, 0) is 0 Å². The maximum atomic E-state index is 8.51. The first kappa shape index (κ1) is 4.09. The van der Waals surface area contributed by atoms with Gasteiger partial charge in [-0.1, -0.05) is 0 Å². The van der Waals surface area contributed by atoms with Gasteiger partial charge in [0.25, 0.3) is 0 Å². The van der Waals surface area contributed by atoms with Gasteiger partial charge >= 0.3 is 0 Å². The Hall–Kier alpha value is -0.0800. The molecule has 35 valence electrons. The predicted octanol–water partition coefficient (Wildman–Crippen LogP) is 0.0120. The van der Waals surface area contributed by atoms with Gasteiger partial charge in [-0.05, 0) is 12.8 Å². The molecule has 1 radical (unpaired) electrons. The van der Waals surface area contributed by atoms with Crippen molar-refractivity contribution in [3.8, 4) is 0 Å². The van der Waals surface area contributed by atoms with Crippen LogP contribution >= 0.6 is 0 Å². The highest BCUT2D eigenvalue weighted by Gasteiger charge is 2.25. The van der Waals surface area contributed by atoms with E-state index in [-0.39, 0.29) is 6.04 Å². The largest absolute Gasteiger partial charge is 0.385 e. The summed E-state index contributed by atoms with van der Waals surface area (Å²) in [5.41, 5.74) is 5.23. The van der Waals surface area contributed by atoms with Gasteiger partial charge in [0.15, 0.2) is 0 Å². The predicted molar refractivity (Wildman–Crippen MR) is 22.4 cm³/mol. The van der Waals surface area contributed by atoms with E-state index in [1.54, 1.807) is 0 Å². The Morgan fingerprint density at radius 1 is 1.83 bits per heavy atom. The summed E-state index contributed by atoms with van der Waals surface area (Å²) < 4.78 is 0. The van der Waals surface area contributed by atoms with Crippen LogP contribution in [0.1, 0.15) is 12.8 Å². The summed E-state index contributed by atoms with van der Waals surface area (Å²) >= 11 is 0. The molecule has 2 nitrogen and oxygen atoms in total. The summed E-state index contributed by atoms with van der Waals surface area (Å²) in [6.07, 6.45) is 2.25. The fourth-order valence-corrected chi connectivity index (χ4v) is 0.440. The van der Waals surface area contributed by atoms with Crippen molar-refractivity contribution >= 4 is 0 Å². The van der Waals surface area contributed by atoms with Crippen LogP contribution in [0.4, 0.5) is 0 Å². The van der Waals surface area contributed by atoms with E-state index in [0.717, 1.165) is 12.8 Å². The Kier molecular flexibility index (Phi) is 0.821. The number of hydrogen-bond acceptors (Lipinski definition) is 2. The van der Waals surface area contributed by atoms with Crippen LogP contribution < -0.4 is 5.73 Å². The van der Waals surface area contributed by atoms with E-state index in [1.165, 1.54) is 0 Å². The number of rotatable bonds is 0. The molecule has 0 bridgehead atoms. The number of nitrogens with two attached hydrogens (primary N) is 1. The fourth-order valence-electron chi connectivity index (χ4n) is 0.440. The smallest absolute Gasteiger partial charge is 0.110 e. The molecule has 0 spiro atoms. The van der Waals surface area contributed by atoms with Gasteiger partial charge in [0.2, 0.25) is 0 Å². The minimum atomic E-state index is 0.00463. The fraction of sp³-hybridized carbons (Fsp3) is 0.750. The minimum absolute atomic E-state index is 0.00463. The molecule has 0 aliphatic heterocycles. The normalized spacial score (nSPS) is 36.0. The van der Waals surface area contributed by atoms with Crippen LogP contribution in [0.5, 0.6) is 0 Å². The average molecular weight is 86.1 g/mol. The van der Waals surface area contributed by atoms with Crippen molar-refractivity contribution in [3.05, 3.63) is 6.10 Å². The summed E-state index contributed by atoms with van der Waals surface area (Å²) in [4.78, 5) is 0. The molecule has 1 aliphatic rings. The lowest BCUT2D eigenvalue weighted by Gasteiger charge is -2.26. The molecule has 1 fully saturated rings. The number of aliphatic hydroxyl groups excluding tert-OH is 1. The van der Waals surface area contributed by atoms with Gasteiger partial charge in [-0.15, -0.1) is 0 Å². The molecule has 1 aliphatic carbocycles. The second-order valence-corrected chi connectivity index (χ2v) is 1.64. The molecule has 6 heavy (non-hydrogen) atoms. The van der Waals surface area contributed by atoms with Crippen molar-refractivity contribution in [2.45, 2.75) is 18.9 Å². The van der Waals surface area contributed by atoms with Crippen molar-refractivity contribution in [1.82, 2.24) is 0 Å². The Labute approximate surface area is 37.0 Å². The summed E-state index contributed by atoms with van der Waals surface area (Å²) in [7, 11) is 0. The number of aliphatic hydroxyl groups is 1. The third-order valence-corrected chi connectivity index (χ3v) is 1.14. The van der Waals surface area contributed by atoms with Crippen LogP contribution in [0.2, 0.25) is 0 Å². The maximum Gasteiger partial charge on any atom is 0.110 e. The highest BCUT2D eigenvalue weighted by molar-refractivity contribution is 4.98. The highest BCUT2D eigenvalue weighted by atomic mass is 16.3. The molecule has 2 heteroatoms. The monoisotopic (exact) mass is 86.1 g/mol. The van der Waals surface area contributed by atoms with E-state index in [0.29, 0.717) is 6.10 Å². The van der Waals surface area contributed by atoms with Crippen LogP contribution in [0.3, 0.4) is 0 Å². The van der Waals surface area contributed by atoms with Crippen LogP contribution in [0, 0.1) is 6.10 Å². The van der Waals surface area contributed by atoms with Crippen molar-refractivity contribution in [2.24, 2.45) is 5.73 Å². The second kappa shape index (κ2) is 1.21. The zero-order chi connectivity index (χ0) is 4.57. The van der Waals surface area contributed by atoms with Gasteiger partial charge in [-0.25, -0.2) is 0 Å². The second-order valence-electron chi connectivity index (χ2n) is 1.64. The molecule has 1 saturated carbocycles. The molecular weight excluding hydrogens is 78.0 g/mol. The third-order valence-electron chi connectivity index (χ3n) is 1.14. The van der Waals surface area contributed by atoms with Gasteiger partial charge in [-0.3, -0.25) is 0 Å². The van der Waals surface area contributed by atoms with E-state index in [2.05, 4.69) is 0 Å². The van der Waals surface area contributed by atoms with Crippen LogP contribution in [0.25, 0.3) is 0 Å². The molecule has 1 rings (SSSR count). The first-order valence-electron chi connectivity index (χ1n) is 2.11. The molecule has 1 unspecified atom stereocenters. The van der Waals surface area contributed by atoms with Gasteiger partial charge in [0, 0.05) is 6.04 Å². The third kappa shape index (κ3) is 0.420. The lowest BCUT2D eigenvalue weighted by Crippen LogP contribution is -2.37. The SMILES string of the molecule is NC1CC[C]1O. The first-order valence-corrected chi connectivity index (χ1v) is 2.11. The summed E-state index contributed by atoms with van der Waals surface area (Å²) in [5.74, 6) is 0. The van der Waals surface area contributed by atoms with Crippen molar-refractivity contribution in [3.63, 3.8) is 0 Å². The van der Waals surface area contributed by atoms with Crippen molar-refractivity contribution in [1.29, 1.82) is 0 Å². The van der Waals surface area contributed by atoms with Crippen molar-refractivity contribution in [2.75, 3.05) is 0 Å². The van der Waals surface area contributed by atoms with Gasteiger partial charge in [0.1, 0.15) is 6.10 Å². The first-order chi connectivity index (χ1) is 2.80. The molecule has 0 amide bonds. The van der Waals surface area contributed by atoms with E-state index in [9.17, 15) is 0 Å². The van der Waals surface area contributed by atoms with E-state index < -0.39 is 0 Å². The lowest BCUT2D eigenvalue weighted by molar-refractivity contribution is 0.182. The molecule has 3 N–H and O–H groups in total. The molecule has 0 aromatic rings. The Bertz CT molecular complexity index is 47.5.